The van der Waals surface area contributed by atoms with Crippen molar-refractivity contribution in [1.82, 2.24) is 5.32 Å². The molecule has 1 aromatic carbocycles. The van der Waals surface area contributed by atoms with E-state index < -0.39 is 0 Å². The summed E-state index contributed by atoms with van der Waals surface area (Å²) in [6.45, 7) is 0.825. The Kier molecular flexibility index (Phi) is 4.86. The fourth-order valence-corrected chi connectivity index (χ4v) is 2.94. The Labute approximate surface area is 116 Å². The molecule has 1 N–H and O–H groups in total. The third-order valence-corrected chi connectivity index (χ3v) is 4.33. The first-order valence-electron chi connectivity index (χ1n) is 5.91. The van der Waals surface area contributed by atoms with Gasteiger partial charge in [-0.25, -0.2) is 0 Å². The van der Waals surface area contributed by atoms with Crippen LogP contribution in [-0.4, -0.2) is 19.3 Å². The van der Waals surface area contributed by atoms with Crippen LogP contribution in [0.4, 0.5) is 0 Å². The molecule has 94 valence electrons. The van der Waals surface area contributed by atoms with Gasteiger partial charge in [0.05, 0.1) is 6.10 Å². The molecule has 2 rings (SSSR count). The number of hydrogen-bond acceptors (Lipinski definition) is 2. The fraction of sp³-hybridized carbons (Fsp3) is 0.538. The van der Waals surface area contributed by atoms with E-state index in [9.17, 15) is 0 Å². The summed E-state index contributed by atoms with van der Waals surface area (Å²) >= 11 is 9.54. The summed E-state index contributed by atoms with van der Waals surface area (Å²) < 4.78 is 6.56. The standard InChI is InChI=1S/C13H17BrClNO/c1-17-13-4-2-3-12(13)16-8-9-7-10(15)5-6-11(9)14/h5-7,12-13,16H,2-4,8H2,1H3. The highest BCUT2D eigenvalue weighted by atomic mass is 79.9. The molecular weight excluding hydrogens is 302 g/mol. The molecule has 0 amide bonds. The SMILES string of the molecule is COC1CCCC1NCc1cc(Cl)ccc1Br. The zero-order chi connectivity index (χ0) is 12.3. The largest absolute Gasteiger partial charge is 0.380 e. The van der Waals surface area contributed by atoms with E-state index in [-0.39, 0.29) is 0 Å². The normalized spacial score (nSPS) is 24.2. The van der Waals surface area contributed by atoms with Crippen LogP contribution in [0.25, 0.3) is 0 Å². The number of rotatable bonds is 4. The summed E-state index contributed by atoms with van der Waals surface area (Å²) in [6, 6.07) is 6.34. The minimum atomic E-state index is 0.355. The Bertz CT molecular complexity index is 386. The number of hydrogen-bond donors (Lipinski definition) is 1. The second kappa shape index (κ2) is 6.19. The molecule has 2 unspecified atom stereocenters. The Morgan fingerprint density at radius 1 is 1.47 bits per heavy atom. The summed E-state index contributed by atoms with van der Waals surface area (Å²) in [4.78, 5) is 0. The second-order valence-electron chi connectivity index (χ2n) is 4.43. The Morgan fingerprint density at radius 3 is 3.06 bits per heavy atom. The van der Waals surface area contributed by atoms with Gasteiger partial charge in [-0.15, -0.1) is 0 Å². The van der Waals surface area contributed by atoms with E-state index >= 15 is 0 Å². The first-order chi connectivity index (χ1) is 8.20. The highest BCUT2D eigenvalue weighted by Gasteiger charge is 2.26. The van der Waals surface area contributed by atoms with Crippen molar-refractivity contribution < 1.29 is 4.74 Å². The number of halogens is 2. The molecule has 1 aromatic rings. The molecule has 0 heterocycles. The lowest BCUT2D eigenvalue weighted by Crippen LogP contribution is -2.36. The van der Waals surface area contributed by atoms with Gasteiger partial charge in [0.2, 0.25) is 0 Å². The lowest BCUT2D eigenvalue weighted by Gasteiger charge is -2.20. The zero-order valence-electron chi connectivity index (χ0n) is 9.88. The summed E-state index contributed by atoms with van der Waals surface area (Å²) in [5.41, 5.74) is 1.19. The maximum Gasteiger partial charge on any atom is 0.0724 e. The summed E-state index contributed by atoms with van der Waals surface area (Å²) in [5, 5.41) is 4.33. The number of methoxy groups -OCH3 is 1. The Morgan fingerprint density at radius 2 is 2.29 bits per heavy atom. The Hall–Kier alpha value is -0.0900. The van der Waals surface area contributed by atoms with Gasteiger partial charge < -0.3 is 10.1 Å². The first-order valence-corrected chi connectivity index (χ1v) is 7.08. The van der Waals surface area contributed by atoms with Gasteiger partial charge in [-0.05, 0) is 43.0 Å². The fourth-order valence-electron chi connectivity index (χ4n) is 2.36. The van der Waals surface area contributed by atoms with Crippen molar-refractivity contribution in [3.05, 3.63) is 33.3 Å². The first kappa shape index (κ1) is 13.3. The van der Waals surface area contributed by atoms with Crippen LogP contribution in [0.3, 0.4) is 0 Å². The number of nitrogens with one attached hydrogen (secondary N) is 1. The molecule has 2 atom stereocenters. The molecule has 0 spiro atoms. The molecule has 1 fully saturated rings. The molecule has 0 aliphatic heterocycles. The van der Waals surface area contributed by atoms with Crippen molar-refractivity contribution in [1.29, 1.82) is 0 Å². The van der Waals surface area contributed by atoms with Crippen LogP contribution in [-0.2, 0) is 11.3 Å². The van der Waals surface area contributed by atoms with Crippen LogP contribution in [0, 0.1) is 0 Å². The van der Waals surface area contributed by atoms with Crippen LogP contribution in [0.2, 0.25) is 5.02 Å². The zero-order valence-corrected chi connectivity index (χ0v) is 12.2. The van der Waals surface area contributed by atoms with Crippen LogP contribution in [0.1, 0.15) is 24.8 Å². The highest BCUT2D eigenvalue weighted by molar-refractivity contribution is 9.10. The topological polar surface area (TPSA) is 21.3 Å². The van der Waals surface area contributed by atoms with Gasteiger partial charge in [0.15, 0.2) is 0 Å². The second-order valence-corrected chi connectivity index (χ2v) is 5.72. The maximum absolute atomic E-state index is 5.99. The van der Waals surface area contributed by atoms with Crippen molar-refractivity contribution in [2.45, 2.75) is 38.0 Å². The van der Waals surface area contributed by atoms with Crippen molar-refractivity contribution in [2.24, 2.45) is 0 Å². The minimum Gasteiger partial charge on any atom is -0.380 e. The predicted molar refractivity (Wildman–Crippen MR) is 74.4 cm³/mol. The summed E-state index contributed by atoms with van der Waals surface area (Å²) in [5.74, 6) is 0. The Balaban J connectivity index is 1.95. The molecular formula is C13H17BrClNO. The monoisotopic (exact) mass is 317 g/mol. The molecule has 1 aliphatic rings. The van der Waals surface area contributed by atoms with Crippen molar-refractivity contribution in [3.8, 4) is 0 Å². The average Bonchev–Trinajstić information content (AvgIpc) is 2.77. The molecule has 0 radical (unpaired) electrons. The van der Waals surface area contributed by atoms with E-state index in [1.54, 1.807) is 7.11 Å². The van der Waals surface area contributed by atoms with Gasteiger partial charge in [0, 0.05) is 29.2 Å². The smallest absolute Gasteiger partial charge is 0.0724 e. The molecule has 0 aromatic heterocycles. The van der Waals surface area contributed by atoms with Gasteiger partial charge in [-0.1, -0.05) is 27.5 Å². The van der Waals surface area contributed by atoms with Crippen molar-refractivity contribution >= 4 is 27.5 Å². The van der Waals surface area contributed by atoms with Gasteiger partial charge in [0.25, 0.3) is 0 Å². The number of benzene rings is 1. The van der Waals surface area contributed by atoms with Crippen molar-refractivity contribution in [3.63, 3.8) is 0 Å². The van der Waals surface area contributed by atoms with Crippen molar-refractivity contribution in [2.75, 3.05) is 7.11 Å². The molecule has 1 saturated carbocycles. The highest BCUT2D eigenvalue weighted by Crippen LogP contribution is 2.24. The molecule has 1 aliphatic carbocycles. The lowest BCUT2D eigenvalue weighted by atomic mass is 10.1. The van der Waals surface area contributed by atoms with Crippen LogP contribution < -0.4 is 5.32 Å². The molecule has 17 heavy (non-hydrogen) atoms. The molecule has 4 heteroatoms. The van der Waals surface area contributed by atoms with Crippen LogP contribution in [0.5, 0.6) is 0 Å². The predicted octanol–water partition coefficient (Wildman–Crippen LogP) is 3.76. The average molecular weight is 319 g/mol. The van der Waals surface area contributed by atoms with Gasteiger partial charge in [0.1, 0.15) is 0 Å². The summed E-state index contributed by atoms with van der Waals surface area (Å²) in [6.07, 6.45) is 3.95. The van der Waals surface area contributed by atoms with Crippen LogP contribution >= 0.6 is 27.5 Å². The molecule has 2 nitrogen and oxygen atoms in total. The van der Waals surface area contributed by atoms with E-state index in [0.717, 1.165) is 22.5 Å². The quantitative estimate of drug-likeness (QED) is 0.912. The number of ether oxygens (including phenoxy) is 1. The summed E-state index contributed by atoms with van der Waals surface area (Å²) in [7, 11) is 1.79. The van der Waals surface area contributed by atoms with E-state index in [1.807, 2.05) is 18.2 Å². The maximum atomic E-state index is 5.99. The third kappa shape index (κ3) is 3.44. The molecule has 0 saturated heterocycles. The van der Waals surface area contributed by atoms with Gasteiger partial charge in [-0.3, -0.25) is 0 Å². The third-order valence-electron chi connectivity index (χ3n) is 3.32. The van der Waals surface area contributed by atoms with Crippen LogP contribution in [0.15, 0.2) is 22.7 Å². The van der Waals surface area contributed by atoms with Gasteiger partial charge in [-0.2, -0.15) is 0 Å². The lowest BCUT2D eigenvalue weighted by molar-refractivity contribution is 0.0847. The van der Waals surface area contributed by atoms with E-state index in [1.165, 1.54) is 18.4 Å². The van der Waals surface area contributed by atoms with E-state index in [0.29, 0.717) is 12.1 Å². The van der Waals surface area contributed by atoms with E-state index in [4.69, 9.17) is 16.3 Å². The van der Waals surface area contributed by atoms with Gasteiger partial charge >= 0.3 is 0 Å². The van der Waals surface area contributed by atoms with E-state index in [2.05, 4.69) is 21.2 Å². The molecule has 0 bridgehead atoms. The minimum absolute atomic E-state index is 0.355.